The van der Waals surface area contributed by atoms with Crippen LogP contribution in [0.3, 0.4) is 0 Å². The van der Waals surface area contributed by atoms with Crippen LogP contribution in [0, 0.1) is 0 Å². The maximum absolute atomic E-state index is 6.07. The molecule has 0 amide bonds. The highest BCUT2D eigenvalue weighted by atomic mass is 16.5. The van der Waals surface area contributed by atoms with Crippen LogP contribution in [0.4, 0.5) is 0 Å². The number of aliphatic imine (C=N–C) groups is 1. The molecule has 120 valence electrons. The highest BCUT2D eigenvalue weighted by Crippen LogP contribution is 2.25. The molecule has 0 fully saturated rings. The van der Waals surface area contributed by atoms with E-state index in [0.29, 0.717) is 6.54 Å². The van der Waals surface area contributed by atoms with E-state index < -0.39 is 0 Å². The summed E-state index contributed by atoms with van der Waals surface area (Å²) < 4.78 is 6.07. The van der Waals surface area contributed by atoms with E-state index in [1.54, 1.807) is 6.20 Å². The highest BCUT2D eigenvalue weighted by Gasteiger charge is 2.24. The first-order valence-electron chi connectivity index (χ1n) is 8.20. The fourth-order valence-electron chi connectivity index (χ4n) is 2.93. The quantitative estimate of drug-likeness (QED) is 0.840. The van der Waals surface area contributed by atoms with Gasteiger partial charge in [0, 0.05) is 31.4 Å². The minimum absolute atomic E-state index is 0.159. The average Bonchev–Trinajstić information content (AvgIpc) is 2.59. The molecule has 6 heteroatoms. The Morgan fingerprint density at radius 1 is 1.45 bits per heavy atom. The molecule has 0 bridgehead atoms. The summed E-state index contributed by atoms with van der Waals surface area (Å²) in [6.45, 7) is 4.34. The van der Waals surface area contributed by atoms with Crippen molar-refractivity contribution in [2.45, 2.75) is 31.8 Å². The molecule has 6 nitrogen and oxygen atoms in total. The summed E-state index contributed by atoms with van der Waals surface area (Å²) in [5.41, 5.74) is 6.88. The van der Waals surface area contributed by atoms with Crippen LogP contribution < -0.4 is 15.8 Å². The number of hydrogen-bond acceptors (Lipinski definition) is 6. The first-order chi connectivity index (χ1) is 10.9. The zero-order valence-electron chi connectivity index (χ0n) is 13.0. The second-order valence-corrected chi connectivity index (χ2v) is 5.82. The smallest absolute Gasteiger partial charge is 0.216 e. The van der Waals surface area contributed by atoms with Crippen molar-refractivity contribution in [1.82, 2.24) is 15.2 Å². The number of nitrogens with two attached hydrogens (primary N) is 1. The van der Waals surface area contributed by atoms with Crippen molar-refractivity contribution < 1.29 is 4.74 Å². The van der Waals surface area contributed by atoms with Crippen molar-refractivity contribution in [2.24, 2.45) is 10.7 Å². The lowest BCUT2D eigenvalue weighted by molar-refractivity contribution is 0.134. The lowest BCUT2D eigenvalue weighted by atomic mass is 10.0. The molecule has 3 N–H and O–H groups in total. The summed E-state index contributed by atoms with van der Waals surface area (Å²) in [4.78, 5) is 11.2. The molecule has 3 heterocycles. The Hall–Kier alpha value is -1.82. The molecule has 1 atom stereocenters. The summed E-state index contributed by atoms with van der Waals surface area (Å²) in [7, 11) is 0. The largest absolute Gasteiger partial charge is 0.472 e. The van der Waals surface area contributed by atoms with Crippen molar-refractivity contribution in [3.63, 3.8) is 0 Å². The zero-order valence-corrected chi connectivity index (χ0v) is 13.0. The van der Waals surface area contributed by atoms with Gasteiger partial charge in [-0.3, -0.25) is 4.99 Å². The van der Waals surface area contributed by atoms with Crippen molar-refractivity contribution in [3.8, 4) is 5.88 Å². The van der Waals surface area contributed by atoms with E-state index in [1.165, 1.54) is 5.56 Å². The predicted octanol–water partition coefficient (Wildman–Crippen LogP) is 0.775. The Morgan fingerprint density at radius 2 is 2.41 bits per heavy atom. The van der Waals surface area contributed by atoms with Gasteiger partial charge in [0.1, 0.15) is 6.10 Å². The van der Waals surface area contributed by atoms with Crippen LogP contribution in [0.25, 0.3) is 0 Å². The number of pyridine rings is 1. The van der Waals surface area contributed by atoms with Gasteiger partial charge in [-0.25, -0.2) is 4.98 Å². The molecule has 3 rings (SSSR count). The molecule has 0 saturated carbocycles. The Balaban J connectivity index is 1.64. The minimum atomic E-state index is 0.159. The van der Waals surface area contributed by atoms with E-state index in [1.807, 2.05) is 6.07 Å². The Kier molecular flexibility index (Phi) is 5.11. The lowest BCUT2D eigenvalue weighted by Crippen LogP contribution is -2.49. The summed E-state index contributed by atoms with van der Waals surface area (Å²) in [6, 6.07) is 4.06. The third-order valence-corrected chi connectivity index (χ3v) is 4.10. The SMILES string of the molecule is NCCCN(CC1CCc2cccnc2O1)C1=NCCCN1. The zero-order chi connectivity index (χ0) is 15.2. The number of nitrogens with zero attached hydrogens (tertiary/aromatic N) is 3. The maximum atomic E-state index is 6.07. The first-order valence-corrected chi connectivity index (χ1v) is 8.20. The van der Waals surface area contributed by atoms with Gasteiger partial charge in [-0.2, -0.15) is 0 Å². The number of guanidine groups is 1. The van der Waals surface area contributed by atoms with E-state index in [0.717, 1.165) is 63.7 Å². The average molecular weight is 303 g/mol. The summed E-state index contributed by atoms with van der Waals surface area (Å²) in [5.74, 6) is 1.78. The molecular formula is C16H25N5O. The lowest BCUT2D eigenvalue weighted by Gasteiger charge is -2.33. The van der Waals surface area contributed by atoms with Gasteiger partial charge < -0.3 is 20.7 Å². The van der Waals surface area contributed by atoms with Crippen LogP contribution >= 0.6 is 0 Å². The van der Waals surface area contributed by atoms with Gasteiger partial charge in [-0.1, -0.05) is 6.07 Å². The highest BCUT2D eigenvalue weighted by molar-refractivity contribution is 5.80. The second kappa shape index (κ2) is 7.45. The van der Waals surface area contributed by atoms with Crippen molar-refractivity contribution in [2.75, 3.05) is 32.7 Å². The van der Waals surface area contributed by atoms with Gasteiger partial charge in [0.15, 0.2) is 5.96 Å². The number of aromatic nitrogens is 1. The van der Waals surface area contributed by atoms with E-state index in [9.17, 15) is 0 Å². The van der Waals surface area contributed by atoms with E-state index >= 15 is 0 Å². The normalized spacial score (nSPS) is 20.4. The molecule has 0 aliphatic carbocycles. The van der Waals surface area contributed by atoms with E-state index in [4.69, 9.17) is 10.5 Å². The first kappa shape index (κ1) is 15.1. The Bertz CT molecular complexity index is 519. The summed E-state index contributed by atoms with van der Waals surface area (Å²) in [6.07, 6.45) is 6.06. The molecule has 2 aliphatic rings. The topological polar surface area (TPSA) is 75.8 Å². The Morgan fingerprint density at radius 3 is 3.23 bits per heavy atom. The van der Waals surface area contributed by atoms with Gasteiger partial charge in [0.25, 0.3) is 0 Å². The maximum Gasteiger partial charge on any atom is 0.216 e. The van der Waals surface area contributed by atoms with Crippen LogP contribution in [-0.4, -0.2) is 54.7 Å². The fraction of sp³-hybridized carbons (Fsp3) is 0.625. The van der Waals surface area contributed by atoms with E-state index in [-0.39, 0.29) is 6.10 Å². The predicted molar refractivity (Wildman–Crippen MR) is 87.1 cm³/mol. The standard InChI is InChI=1S/C16H25N5O/c17-7-2-11-21(16-19-9-3-10-20-16)12-14-6-5-13-4-1-8-18-15(13)22-14/h1,4,8,14H,2-3,5-7,9-12,17H2,(H,19,20). The molecule has 0 saturated heterocycles. The van der Waals surface area contributed by atoms with Crippen LogP contribution in [-0.2, 0) is 6.42 Å². The molecule has 1 aromatic heterocycles. The number of aryl methyl sites for hydroxylation is 1. The summed E-state index contributed by atoms with van der Waals surface area (Å²) >= 11 is 0. The number of ether oxygens (including phenoxy) is 1. The van der Waals surface area contributed by atoms with Crippen LogP contribution in [0.5, 0.6) is 5.88 Å². The van der Waals surface area contributed by atoms with Crippen LogP contribution in [0.2, 0.25) is 0 Å². The number of fused-ring (bicyclic) bond motifs is 1. The number of rotatable bonds is 5. The fourth-order valence-corrected chi connectivity index (χ4v) is 2.93. The van der Waals surface area contributed by atoms with Gasteiger partial charge in [0.2, 0.25) is 5.88 Å². The number of hydrogen-bond donors (Lipinski definition) is 2. The summed E-state index contributed by atoms with van der Waals surface area (Å²) in [5, 5.41) is 3.40. The van der Waals surface area contributed by atoms with Gasteiger partial charge in [-0.05, 0) is 38.3 Å². The second-order valence-electron chi connectivity index (χ2n) is 5.82. The van der Waals surface area contributed by atoms with Crippen LogP contribution in [0.1, 0.15) is 24.8 Å². The molecule has 2 aliphatic heterocycles. The monoisotopic (exact) mass is 303 g/mol. The van der Waals surface area contributed by atoms with Gasteiger partial charge in [0.05, 0.1) is 6.54 Å². The van der Waals surface area contributed by atoms with E-state index in [2.05, 4.69) is 26.3 Å². The molecule has 1 unspecified atom stereocenters. The molecular weight excluding hydrogens is 278 g/mol. The molecule has 0 aromatic carbocycles. The van der Waals surface area contributed by atoms with Gasteiger partial charge >= 0.3 is 0 Å². The third kappa shape index (κ3) is 3.68. The van der Waals surface area contributed by atoms with Crippen molar-refractivity contribution in [1.29, 1.82) is 0 Å². The molecule has 0 spiro atoms. The van der Waals surface area contributed by atoms with Crippen molar-refractivity contribution >= 4 is 5.96 Å². The third-order valence-electron chi connectivity index (χ3n) is 4.10. The molecule has 1 aromatic rings. The minimum Gasteiger partial charge on any atom is -0.472 e. The number of nitrogens with one attached hydrogen (secondary N) is 1. The molecule has 0 radical (unpaired) electrons. The van der Waals surface area contributed by atoms with Crippen molar-refractivity contribution in [3.05, 3.63) is 23.9 Å². The molecule has 22 heavy (non-hydrogen) atoms. The van der Waals surface area contributed by atoms with Crippen LogP contribution in [0.15, 0.2) is 23.3 Å². The van der Waals surface area contributed by atoms with Gasteiger partial charge in [-0.15, -0.1) is 0 Å². The Labute approximate surface area is 131 Å².